The summed E-state index contributed by atoms with van der Waals surface area (Å²) in [7, 11) is 1.57. The standard InChI is InChI=1S/C21H31N5O4/c1-6-30-17-9-7-16(8-10-17)26(20(27)23-13-14-29-5)18-11-12-22-19(25-18)24-15(2)21(3,4)28/h7-12,15,28H,6,13-14H2,1-5H3,(H,23,27)(H,22,24,25). The van der Waals surface area contributed by atoms with Crippen LogP contribution in [0.2, 0.25) is 0 Å². The number of aliphatic hydroxyl groups is 1. The summed E-state index contributed by atoms with van der Waals surface area (Å²) in [5, 5.41) is 16.1. The Bertz CT molecular complexity index is 808. The maximum Gasteiger partial charge on any atom is 0.327 e. The number of methoxy groups -OCH3 is 1. The van der Waals surface area contributed by atoms with Gasteiger partial charge in [0.2, 0.25) is 5.95 Å². The van der Waals surface area contributed by atoms with Crippen LogP contribution in [0, 0.1) is 0 Å². The predicted octanol–water partition coefficient (Wildman–Crippen LogP) is 2.94. The van der Waals surface area contributed by atoms with Crippen molar-refractivity contribution >= 4 is 23.5 Å². The fourth-order valence-electron chi connectivity index (χ4n) is 2.46. The summed E-state index contributed by atoms with van der Waals surface area (Å²) in [6.45, 7) is 8.44. The summed E-state index contributed by atoms with van der Waals surface area (Å²) >= 11 is 0. The zero-order chi connectivity index (χ0) is 22.1. The number of carbonyl (C=O) groups excluding carboxylic acids is 1. The van der Waals surface area contributed by atoms with E-state index in [9.17, 15) is 9.90 Å². The Morgan fingerprint density at radius 1 is 1.27 bits per heavy atom. The second-order valence-corrected chi connectivity index (χ2v) is 7.25. The van der Waals surface area contributed by atoms with Crippen molar-refractivity contribution < 1.29 is 19.4 Å². The molecule has 1 heterocycles. The Kier molecular flexibility index (Phi) is 8.37. The van der Waals surface area contributed by atoms with Crippen molar-refractivity contribution in [3.8, 4) is 5.75 Å². The lowest BCUT2D eigenvalue weighted by molar-refractivity contribution is 0.0646. The van der Waals surface area contributed by atoms with Gasteiger partial charge in [0.1, 0.15) is 11.6 Å². The van der Waals surface area contributed by atoms with Crippen molar-refractivity contribution in [2.24, 2.45) is 0 Å². The van der Waals surface area contributed by atoms with Gasteiger partial charge in [-0.2, -0.15) is 4.98 Å². The van der Waals surface area contributed by atoms with Crippen LogP contribution in [0.1, 0.15) is 27.7 Å². The first kappa shape index (κ1) is 23.4. The van der Waals surface area contributed by atoms with Crippen molar-refractivity contribution in [2.45, 2.75) is 39.3 Å². The number of nitrogens with zero attached hydrogens (tertiary/aromatic N) is 3. The molecule has 0 radical (unpaired) electrons. The molecule has 9 heteroatoms. The van der Waals surface area contributed by atoms with Crippen LogP contribution in [0.15, 0.2) is 36.5 Å². The third kappa shape index (κ3) is 6.57. The van der Waals surface area contributed by atoms with Crippen LogP contribution in [-0.2, 0) is 4.74 Å². The molecule has 0 saturated carbocycles. The molecular formula is C21H31N5O4. The molecule has 0 fully saturated rings. The van der Waals surface area contributed by atoms with Crippen LogP contribution in [0.25, 0.3) is 0 Å². The van der Waals surface area contributed by atoms with Crippen LogP contribution in [0.5, 0.6) is 5.75 Å². The van der Waals surface area contributed by atoms with Crippen LogP contribution in [-0.4, -0.2) is 59.6 Å². The Hall–Kier alpha value is -2.91. The first-order valence-electron chi connectivity index (χ1n) is 9.88. The van der Waals surface area contributed by atoms with E-state index in [1.807, 2.05) is 13.8 Å². The smallest absolute Gasteiger partial charge is 0.327 e. The van der Waals surface area contributed by atoms with Gasteiger partial charge in [0, 0.05) is 25.9 Å². The number of carbonyl (C=O) groups is 1. The topological polar surface area (TPSA) is 109 Å². The van der Waals surface area contributed by atoms with E-state index in [0.717, 1.165) is 0 Å². The highest BCUT2D eigenvalue weighted by Crippen LogP contribution is 2.27. The van der Waals surface area contributed by atoms with Crippen molar-refractivity contribution in [1.82, 2.24) is 15.3 Å². The first-order valence-corrected chi connectivity index (χ1v) is 9.88. The number of ether oxygens (including phenoxy) is 2. The van der Waals surface area contributed by atoms with Crippen molar-refractivity contribution in [3.63, 3.8) is 0 Å². The van der Waals surface area contributed by atoms with Gasteiger partial charge < -0.3 is 25.2 Å². The highest BCUT2D eigenvalue weighted by atomic mass is 16.5. The molecule has 1 aromatic heterocycles. The summed E-state index contributed by atoms with van der Waals surface area (Å²) in [6, 6.07) is 8.16. The van der Waals surface area contributed by atoms with Crippen LogP contribution in [0.4, 0.5) is 22.2 Å². The molecule has 2 aromatic rings. The highest BCUT2D eigenvalue weighted by molar-refractivity contribution is 5.98. The number of nitrogens with one attached hydrogen (secondary N) is 2. The average Bonchev–Trinajstić information content (AvgIpc) is 2.69. The van der Waals surface area contributed by atoms with E-state index in [1.165, 1.54) is 4.90 Å². The number of hydrogen-bond acceptors (Lipinski definition) is 7. The minimum absolute atomic E-state index is 0.304. The number of benzene rings is 1. The third-order valence-electron chi connectivity index (χ3n) is 4.47. The fourth-order valence-corrected chi connectivity index (χ4v) is 2.46. The summed E-state index contributed by atoms with van der Waals surface area (Å²) < 4.78 is 10.5. The Balaban J connectivity index is 2.34. The Morgan fingerprint density at radius 3 is 2.57 bits per heavy atom. The number of amides is 2. The molecule has 3 N–H and O–H groups in total. The lowest BCUT2D eigenvalue weighted by Crippen LogP contribution is -2.40. The second-order valence-electron chi connectivity index (χ2n) is 7.25. The van der Waals surface area contributed by atoms with Gasteiger partial charge in [0.05, 0.1) is 30.5 Å². The normalized spacial score (nSPS) is 12.2. The first-order chi connectivity index (χ1) is 14.3. The number of urea groups is 1. The molecule has 164 valence electrons. The largest absolute Gasteiger partial charge is 0.494 e. The molecule has 2 amide bonds. The minimum atomic E-state index is -0.967. The molecule has 0 aliphatic heterocycles. The van der Waals surface area contributed by atoms with E-state index >= 15 is 0 Å². The highest BCUT2D eigenvalue weighted by Gasteiger charge is 2.24. The van der Waals surface area contributed by atoms with Crippen molar-refractivity contribution in [1.29, 1.82) is 0 Å². The molecule has 30 heavy (non-hydrogen) atoms. The molecule has 0 spiro atoms. The van der Waals surface area contributed by atoms with Gasteiger partial charge in [-0.05, 0) is 52.0 Å². The lowest BCUT2D eigenvalue weighted by atomic mass is 10.0. The lowest BCUT2D eigenvalue weighted by Gasteiger charge is -2.27. The fraction of sp³-hybridized carbons (Fsp3) is 0.476. The van der Waals surface area contributed by atoms with Gasteiger partial charge in [0.25, 0.3) is 0 Å². The number of aromatic nitrogens is 2. The maximum atomic E-state index is 12.9. The zero-order valence-corrected chi connectivity index (χ0v) is 18.2. The van der Waals surface area contributed by atoms with Gasteiger partial charge in [-0.25, -0.2) is 14.7 Å². The molecule has 0 saturated heterocycles. The SMILES string of the molecule is CCOc1ccc(N(C(=O)NCCOC)c2ccnc(NC(C)C(C)(C)O)n2)cc1. The summed E-state index contributed by atoms with van der Waals surface area (Å²) in [5.41, 5.74) is -0.348. The van der Waals surface area contributed by atoms with Gasteiger partial charge in [-0.15, -0.1) is 0 Å². The van der Waals surface area contributed by atoms with Crippen LogP contribution >= 0.6 is 0 Å². The van der Waals surface area contributed by atoms with Crippen molar-refractivity contribution in [2.75, 3.05) is 37.1 Å². The Labute approximate surface area is 177 Å². The molecule has 2 rings (SSSR count). The van der Waals surface area contributed by atoms with E-state index in [4.69, 9.17) is 9.47 Å². The Morgan fingerprint density at radius 2 is 1.97 bits per heavy atom. The van der Waals surface area contributed by atoms with E-state index < -0.39 is 5.60 Å². The van der Waals surface area contributed by atoms with E-state index in [1.54, 1.807) is 57.5 Å². The molecule has 0 aliphatic carbocycles. The quantitative estimate of drug-likeness (QED) is 0.510. The van der Waals surface area contributed by atoms with Gasteiger partial charge >= 0.3 is 6.03 Å². The maximum absolute atomic E-state index is 12.9. The van der Waals surface area contributed by atoms with E-state index in [0.29, 0.717) is 43.0 Å². The molecule has 1 aromatic carbocycles. The number of anilines is 3. The van der Waals surface area contributed by atoms with Crippen molar-refractivity contribution in [3.05, 3.63) is 36.5 Å². The van der Waals surface area contributed by atoms with Gasteiger partial charge in [0.15, 0.2) is 0 Å². The van der Waals surface area contributed by atoms with Crippen LogP contribution < -0.4 is 20.3 Å². The minimum Gasteiger partial charge on any atom is -0.494 e. The van der Waals surface area contributed by atoms with Gasteiger partial charge in [-0.1, -0.05) is 0 Å². The summed E-state index contributed by atoms with van der Waals surface area (Å²) in [6.07, 6.45) is 1.56. The molecule has 9 nitrogen and oxygen atoms in total. The molecule has 0 aliphatic rings. The molecule has 0 bridgehead atoms. The van der Waals surface area contributed by atoms with E-state index in [-0.39, 0.29) is 12.1 Å². The summed E-state index contributed by atoms with van der Waals surface area (Å²) in [4.78, 5) is 23.1. The average molecular weight is 418 g/mol. The zero-order valence-electron chi connectivity index (χ0n) is 18.2. The monoisotopic (exact) mass is 417 g/mol. The predicted molar refractivity (Wildman–Crippen MR) is 116 cm³/mol. The third-order valence-corrected chi connectivity index (χ3v) is 4.47. The summed E-state index contributed by atoms with van der Waals surface area (Å²) in [5.74, 6) is 1.40. The number of rotatable bonds is 10. The molecule has 1 unspecified atom stereocenters. The number of hydrogen-bond donors (Lipinski definition) is 3. The van der Waals surface area contributed by atoms with Crippen LogP contribution in [0.3, 0.4) is 0 Å². The molecule has 1 atom stereocenters. The second kappa shape index (κ2) is 10.7. The van der Waals surface area contributed by atoms with E-state index in [2.05, 4.69) is 20.6 Å². The van der Waals surface area contributed by atoms with Gasteiger partial charge in [-0.3, -0.25) is 0 Å². The molecular weight excluding hydrogens is 386 g/mol.